The van der Waals surface area contributed by atoms with Crippen LogP contribution in [0.15, 0.2) is 12.1 Å². The Morgan fingerprint density at radius 2 is 2.07 bits per heavy atom. The molecule has 84 valence electrons. The van der Waals surface area contributed by atoms with E-state index in [9.17, 15) is 8.78 Å². The van der Waals surface area contributed by atoms with Crippen LogP contribution in [0.2, 0.25) is 0 Å². The third kappa shape index (κ3) is 2.45. The molecular weight excluding hydrogens is 200 g/mol. The molecule has 0 radical (unpaired) electrons. The van der Waals surface area contributed by atoms with Gasteiger partial charge in [0, 0.05) is 12.1 Å². The molecule has 1 aromatic rings. The van der Waals surface area contributed by atoms with Gasteiger partial charge in [0.1, 0.15) is 5.75 Å². The van der Waals surface area contributed by atoms with Crippen LogP contribution in [-0.2, 0) is 6.54 Å². The van der Waals surface area contributed by atoms with E-state index in [1.54, 1.807) is 13.1 Å². The van der Waals surface area contributed by atoms with Crippen LogP contribution in [0.3, 0.4) is 0 Å². The molecule has 1 aromatic carbocycles. The molecule has 0 bridgehead atoms. The van der Waals surface area contributed by atoms with Gasteiger partial charge in [0.2, 0.25) is 0 Å². The predicted octanol–water partition coefficient (Wildman–Crippen LogP) is 2.66. The first-order chi connectivity index (χ1) is 7.11. The summed E-state index contributed by atoms with van der Waals surface area (Å²) in [5, 5.41) is 2.94. The smallest absolute Gasteiger partial charge is 0.267 e. The largest absolute Gasteiger partial charge is 0.496 e. The van der Waals surface area contributed by atoms with Crippen molar-refractivity contribution in [2.24, 2.45) is 0 Å². The fraction of sp³-hybridized carbons (Fsp3) is 0.455. The van der Waals surface area contributed by atoms with Crippen molar-refractivity contribution in [3.05, 3.63) is 28.8 Å². The Balaban J connectivity index is 3.26. The average molecular weight is 215 g/mol. The van der Waals surface area contributed by atoms with E-state index in [-0.39, 0.29) is 5.56 Å². The highest BCUT2D eigenvalue weighted by molar-refractivity contribution is 5.46. The number of alkyl halides is 2. The summed E-state index contributed by atoms with van der Waals surface area (Å²) in [4.78, 5) is 0. The van der Waals surface area contributed by atoms with E-state index in [4.69, 9.17) is 4.74 Å². The van der Waals surface area contributed by atoms with Crippen molar-refractivity contribution in [1.82, 2.24) is 5.32 Å². The summed E-state index contributed by atoms with van der Waals surface area (Å²) in [6.07, 6.45) is -2.50. The number of methoxy groups -OCH3 is 1. The molecule has 1 rings (SSSR count). The van der Waals surface area contributed by atoms with E-state index in [0.29, 0.717) is 12.3 Å². The van der Waals surface area contributed by atoms with E-state index in [1.165, 1.54) is 13.2 Å². The summed E-state index contributed by atoms with van der Waals surface area (Å²) < 4.78 is 30.4. The number of aryl methyl sites for hydroxylation is 1. The summed E-state index contributed by atoms with van der Waals surface area (Å²) >= 11 is 0. The van der Waals surface area contributed by atoms with Crippen LogP contribution in [0.25, 0.3) is 0 Å². The zero-order valence-electron chi connectivity index (χ0n) is 9.10. The molecule has 1 N–H and O–H groups in total. The standard InChI is InChI=1S/C11H15F2NO/c1-7-4-5-8(11(12)13)10(15-3)9(7)6-14-2/h4-5,11,14H,6H2,1-3H3. The van der Waals surface area contributed by atoms with E-state index in [1.807, 2.05) is 6.92 Å². The Labute approximate surface area is 88.3 Å². The number of hydrogen-bond donors (Lipinski definition) is 1. The van der Waals surface area contributed by atoms with Crippen molar-refractivity contribution in [2.75, 3.05) is 14.2 Å². The highest BCUT2D eigenvalue weighted by Crippen LogP contribution is 2.33. The van der Waals surface area contributed by atoms with Gasteiger partial charge in [-0.2, -0.15) is 0 Å². The lowest BCUT2D eigenvalue weighted by Crippen LogP contribution is -2.09. The summed E-state index contributed by atoms with van der Waals surface area (Å²) in [5.74, 6) is 0.291. The van der Waals surface area contributed by atoms with E-state index in [2.05, 4.69) is 5.32 Å². The molecule has 0 spiro atoms. The number of rotatable bonds is 4. The molecule has 0 unspecified atom stereocenters. The molecule has 0 atom stereocenters. The van der Waals surface area contributed by atoms with Crippen molar-refractivity contribution < 1.29 is 13.5 Å². The SMILES string of the molecule is CNCc1c(C)ccc(C(F)F)c1OC. The van der Waals surface area contributed by atoms with Crippen LogP contribution in [0.1, 0.15) is 23.1 Å². The zero-order valence-corrected chi connectivity index (χ0v) is 9.10. The number of halogens is 2. The molecule has 0 saturated heterocycles. The molecular formula is C11H15F2NO. The first-order valence-corrected chi connectivity index (χ1v) is 4.71. The fourth-order valence-electron chi connectivity index (χ4n) is 1.55. The molecule has 0 aromatic heterocycles. The zero-order chi connectivity index (χ0) is 11.4. The quantitative estimate of drug-likeness (QED) is 0.833. The highest BCUT2D eigenvalue weighted by atomic mass is 19.3. The normalized spacial score (nSPS) is 10.8. The Bertz CT molecular complexity index is 340. The van der Waals surface area contributed by atoms with Gasteiger partial charge >= 0.3 is 0 Å². The predicted molar refractivity (Wildman–Crippen MR) is 55.5 cm³/mol. The maximum absolute atomic E-state index is 12.7. The monoisotopic (exact) mass is 215 g/mol. The molecule has 15 heavy (non-hydrogen) atoms. The number of hydrogen-bond acceptors (Lipinski definition) is 2. The summed E-state index contributed by atoms with van der Waals surface area (Å²) in [5.41, 5.74) is 1.69. The van der Waals surface area contributed by atoms with Crippen molar-refractivity contribution in [2.45, 2.75) is 19.9 Å². The lowest BCUT2D eigenvalue weighted by molar-refractivity contribution is 0.147. The Kier molecular flexibility index (Phi) is 4.03. The second-order valence-corrected chi connectivity index (χ2v) is 3.31. The van der Waals surface area contributed by atoms with Gasteiger partial charge in [-0.1, -0.05) is 6.07 Å². The minimum absolute atomic E-state index is 0.0478. The first-order valence-electron chi connectivity index (χ1n) is 4.71. The number of ether oxygens (including phenoxy) is 1. The molecule has 2 nitrogen and oxygen atoms in total. The maximum atomic E-state index is 12.7. The minimum atomic E-state index is -2.50. The van der Waals surface area contributed by atoms with Crippen LogP contribution in [0.5, 0.6) is 5.75 Å². The lowest BCUT2D eigenvalue weighted by Gasteiger charge is -2.15. The van der Waals surface area contributed by atoms with Gasteiger partial charge in [0.15, 0.2) is 0 Å². The van der Waals surface area contributed by atoms with E-state index in [0.717, 1.165) is 11.1 Å². The molecule has 4 heteroatoms. The fourth-order valence-corrected chi connectivity index (χ4v) is 1.55. The van der Waals surface area contributed by atoms with Crippen LogP contribution >= 0.6 is 0 Å². The maximum Gasteiger partial charge on any atom is 0.267 e. The molecule has 0 aliphatic heterocycles. The molecule has 0 saturated carbocycles. The Morgan fingerprint density at radius 3 is 2.53 bits per heavy atom. The molecule has 0 fully saturated rings. The van der Waals surface area contributed by atoms with E-state index >= 15 is 0 Å². The van der Waals surface area contributed by atoms with Crippen LogP contribution in [0.4, 0.5) is 8.78 Å². The van der Waals surface area contributed by atoms with Gasteiger partial charge in [0.05, 0.1) is 12.7 Å². The second-order valence-electron chi connectivity index (χ2n) is 3.31. The molecule has 0 amide bonds. The average Bonchev–Trinajstić information content (AvgIpc) is 2.20. The van der Waals surface area contributed by atoms with Crippen molar-refractivity contribution in [1.29, 1.82) is 0 Å². The third-order valence-corrected chi connectivity index (χ3v) is 2.32. The van der Waals surface area contributed by atoms with Gasteiger partial charge in [-0.3, -0.25) is 0 Å². The Hall–Kier alpha value is -1.16. The number of nitrogens with one attached hydrogen (secondary N) is 1. The first kappa shape index (κ1) is 11.9. The Morgan fingerprint density at radius 1 is 1.40 bits per heavy atom. The lowest BCUT2D eigenvalue weighted by atomic mass is 10.0. The summed E-state index contributed by atoms with van der Waals surface area (Å²) in [6, 6.07) is 3.11. The highest BCUT2D eigenvalue weighted by Gasteiger charge is 2.17. The van der Waals surface area contributed by atoms with Crippen LogP contribution in [0, 0.1) is 6.92 Å². The van der Waals surface area contributed by atoms with Crippen LogP contribution in [-0.4, -0.2) is 14.2 Å². The van der Waals surface area contributed by atoms with Crippen molar-refractivity contribution in [3.63, 3.8) is 0 Å². The van der Waals surface area contributed by atoms with Crippen molar-refractivity contribution >= 4 is 0 Å². The summed E-state index contributed by atoms with van der Waals surface area (Å²) in [7, 11) is 3.19. The van der Waals surface area contributed by atoms with Gasteiger partial charge in [-0.15, -0.1) is 0 Å². The minimum Gasteiger partial charge on any atom is -0.496 e. The van der Waals surface area contributed by atoms with Gasteiger partial charge < -0.3 is 10.1 Å². The number of benzene rings is 1. The van der Waals surface area contributed by atoms with Crippen LogP contribution < -0.4 is 10.1 Å². The van der Waals surface area contributed by atoms with Gasteiger partial charge in [-0.25, -0.2) is 8.78 Å². The summed E-state index contributed by atoms with van der Waals surface area (Å²) in [6.45, 7) is 2.40. The molecule has 0 heterocycles. The third-order valence-electron chi connectivity index (χ3n) is 2.32. The topological polar surface area (TPSA) is 21.3 Å². The molecule has 0 aliphatic rings. The van der Waals surface area contributed by atoms with Gasteiger partial charge in [-0.05, 0) is 25.6 Å². The van der Waals surface area contributed by atoms with E-state index < -0.39 is 6.43 Å². The van der Waals surface area contributed by atoms with Gasteiger partial charge in [0.25, 0.3) is 6.43 Å². The van der Waals surface area contributed by atoms with Crippen molar-refractivity contribution in [3.8, 4) is 5.75 Å². The molecule has 0 aliphatic carbocycles. The second kappa shape index (κ2) is 5.07.